The lowest BCUT2D eigenvalue weighted by atomic mass is 10.2. The zero-order valence-electron chi connectivity index (χ0n) is 15.1. The highest BCUT2D eigenvalue weighted by molar-refractivity contribution is 7.89. The molecule has 0 unspecified atom stereocenters. The lowest BCUT2D eigenvalue weighted by Crippen LogP contribution is -2.50. The number of amides is 1. The van der Waals surface area contributed by atoms with Gasteiger partial charge in [0.25, 0.3) is 5.91 Å². The molecule has 5 nitrogen and oxygen atoms in total. The summed E-state index contributed by atoms with van der Waals surface area (Å²) in [6, 6.07) is 10.0. The van der Waals surface area contributed by atoms with Crippen LogP contribution in [0.2, 0.25) is 10.0 Å². The molecule has 2 aromatic rings. The van der Waals surface area contributed by atoms with Crippen molar-refractivity contribution in [2.45, 2.75) is 18.7 Å². The number of hydrogen-bond acceptors (Lipinski definition) is 3. The van der Waals surface area contributed by atoms with E-state index in [0.717, 1.165) is 11.1 Å². The molecule has 1 aliphatic heterocycles. The summed E-state index contributed by atoms with van der Waals surface area (Å²) in [5.74, 6) is -0.222. The first-order chi connectivity index (χ1) is 12.7. The molecular weight excluding hydrogens is 407 g/mol. The number of rotatable bonds is 3. The highest BCUT2D eigenvalue weighted by atomic mass is 35.5. The lowest BCUT2D eigenvalue weighted by Gasteiger charge is -2.34. The second-order valence-corrected chi connectivity index (χ2v) is 9.34. The van der Waals surface area contributed by atoms with Crippen LogP contribution in [-0.4, -0.2) is 49.7 Å². The number of piperazine rings is 1. The van der Waals surface area contributed by atoms with Crippen molar-refractivity contribution in [3.05, 3.63) is 63.1 Å². The molecular formula is C19H20Cl2N2O3S. The van der Waals surface area contributed by atoms with Gasteiger partial charge in [0.2, 0.25) is 10.0 Å². The highest BCUT2D eigenvalue weighted by Gasteiger charge is 2.31. The molecule has 0 aliphatic carbocycles. The third-order valence-corrected chi connectivity index (χ3v) is 7.24. The molecule has 0 atom stereocenters. The Kier molecular flexibility index (Phi) is 5.82. The minimum absolute atomic E-state index is 0.222. The molecule has 2 aromatic carbocycles. The van der Waals surface area contributed by atoms with Crippen molar-refractivity contribution in [1.82, 2.24) is 9.21 Å². The first-order valence-electron chi connectivity index (χ1n) is 8.52. The van der Waals surface area contributed by atoms with E-state index in [4.69, 9.17) is 23.2 Å². The van der Waals surface area contributed by atoms with Crippen molar-refractivity contribution in [3.8, 4) is 0 Å². The molecule has 0 bridgehead atoms. The van der Waals surface area contributed by atoms with Gasteiger partial charge >= 0.3 is 0 Å². The molecule has 1 amide bonds. The second-order valence-electron chi connectivity index (χ2n) is 6.59. The van der Waals surface area contributed by atoms with Gasteiger partial charge in [-0.3, -0.25) is 4.79 Å². The molecule has 0 aromatic heterocycles. The molecule has 1 heterocycles. The predicted molar refractivity (Wildman–Crippen MR) is 107 cm³/mol. The van der Waals surface area contributed by atoms with E-state index >= 15 is 0 Å². The number of carbonyl (C=O) groups is 1. The van der Waals surface area contributed by atoms with Gasteiger partial charge in [0.15, 0.2) is 0 Å². The Balaban J connectivity index is 1.74. The van der Waals surface area contributed by atoms with Crippen LogP contribution in [0.15, 0.2) is 41.3 Å². The van der Waals surface area contributed by atoms with Crippen LogP contribution in [0.3, 0.4) is 0 Å². The average Bonchev–Trinajstić information content (AvgIpc) is 2.61. The fourth-order valence-electron chi connectivity index (χ4n) is 3.19. The third-order valence-electron chi connectivity index (χ3n) is 4.64. The van der Waals surface area contributed by atoms with Crippen molar-refractivity contribution < 1.29 is 13.2 Å². The Bertz CT molecular complexity index is 984. The Labute approximate surface area is 169 Å². The number of benzene rings is 2. The quantitative estimate of drug-likeness (QED) is 0.750. The average molecular weight is 427 g/mol. The number of sulfonamides is 1. The summed E-state index contributed by atoms with van der Waals surface area (Å²) in [4.78, 5) is 14.6. The summed E-state index contributed by atoms with van der Waals surface area (Å²) < 4.78 is 27.3. The summed E-state index contributed by atoms with van der Waals surface area (Å²) in [6.07, 6.45) is 0. The van der Waals surface area contributed by atoms with Crippen LogP contribution in [0.5, 0.6) is 0 Å². The minimum Gasteiger partial charge on any atom is -0.336 e. The molecule has 0 saturated carbocycles. The number of aryl methyl sites for hydroxylation is 2. The minimum atomic E-state index is -3.59. The van der Waals surface area contributed by atoms with Gasteiger partial charge in [-0.1, -0.05) is 40.9 Å². The fraction of sp³-hybridized carbons (Fsp3) is 0.316. The van der Waals surface area contributed by atoms with E-state index in [1.54, 1.807) is 36.1 Å². The maximum Gasteiger partial charge on any atom is 0.255 e. The largest absolute Gasteiger partial charge is 0.336 e. The zero-order valence-corrected chi connectivity index (χ0v) is 17.4. The molecule has 144 valence electrons. The Hall–Kier alpha value is -1.60. The molecule has 0 N–H and O–H groups in total. The molecule has 8 heteroatoms. The molecule has 27 heavy (non-hydrogen) atoms. The number of carbonyl (C=O) groups excluding carboxylic acids is 1. The maximum atomic E-state index is 12.9. The fourth-order valence-corrected chi connectivity index (χ4v) is 5.31. The first-order valence-corrected chi connectivity index (χ1v) is 10.7. The van der Waals surface area contributed by atoms with Gasteiger partial charge in [-0.15, -0.1) is 0 Å². The molecule has 0 radical (unpaired) electrons. The SMILES string of the molecule is Cc1ccc(S(=O)(=O)N2CCN(C(=O)c3ccc(Cl)cc3Cl)CC2)c(C)c1. The van der Waals surface area contributed by atoms with Crippen molar-refractivity contribution in [1.29, 1.82) is 0 Å². The lowest BCUT2D eigenvalue weighted by molar-refractivity contribution is 0.0698. The van der Waals surface area contributed by atoms with Gasteiger partial charge in [-0.05, 0) is 43.7 Å². The van der Waals surface area contributed by atoms with E-state index in [1.165, 1.54) is 10.4 Å². The number of halogens is 2. The van der Waals surface area contributed by atoms with Gasteiger partial charge in [0.05, 0.1) is 15.5 Å². The van der Waals surface area contributed by atoms with E-state index in [2.05, 4.69) is 0 Å². The standard InChI is InChI=1S/C19H20Cl2N2O3S/c1-13-3-6-18(14(2)11-13)27(25,26)23-9-7-22(8-10-23)19(24)16-5-4-15(20)12-17(16)21/h3-6,11-12H,7-10H2,1-2H3. The summed E-state index contributed by atoms with van der Waals surface area (Å²) in [5.41, 5.74) is 2.11. The molecule has 1 saturated heterocycles. The monoisotopic (exact) mass is 426 g/mol. The van der Waals surface area contributed by atoms with Gasteiger partial charge in [-0.25, -0.2) is 8.42 Å². The van der Waals surface area contributed by atoms with Crippen LogP contribution in [0, 0.1) is 13.8 Å². The van der Waals surface area contributed by atoms with E-state index in [1.807, 2.05) is 13.0 Å². The van der Waals surface area contributed by atoms with E-state index < -0.39 is 10.0 Å². The number of hydrogen-bond donors (Lipinski definition) is 0. The Morgan fingerprint density at radius 3 is 2.22 bits per heavy atom. The molecule has 0 spiro atoms. The van der Waals surface area contributed by atoms with Crippen molar-refractivity contribution >= 4 is 39.1 Å². The van der Waals surface area contributed by atoms with Crippen LogP contribution >= 0.6 is 23.2 Å². The van der Waals surface area contributed by atoms with Crippen LogP contribution < -0.4 is 0 Å². The van der Waals surface area contributed by atoms with E-state index in [-0.39, 0.29) is 24.0 Å². The first kappa shape index (κ1) is 20.1. The zero-order chi connectivity index (χ0) is 19.8. The predicted octanol–water partition coefficient (Wildman–Crippen LogP) is 3.76. The van der Waals surface area contributed by atoms with Gasteiger partial charge in [0, 0.05) is 31.2 Å². The molecule has 3 rings (SSSR count). The Morgan fingerprint density at radius 2 is 1.63 bits per heavy atom. The highest BCUT2D eigenvalue weighted by Crippen LogP contribution is 2.25. The molecule has 1 aliphatic rings. The van der Waals surface area contributed by atoms with Crippen molar-refractivity contribution in [2.75, 3.05) is 26.2 Å². The Morgan fingerprint density at radius 1 is 0.963 bits per heavy atom. The van der Waals surface area contributed by atoms with Crippen LogP contribution in [0.25, 0.3) is 0 Å². The smallest absolute Gasteiger partial charge is 0.255 e. The van der Waals surface area contributed by atoms with Crippen molar-refractivity contribution in [3.63, 3.8) is 0 Å². The second kappa shape index (κ2) is 7.80. The van der Waals surface area contributed by atoms with Gasteiger partial charge in [0.1, 0.15) is 0 Å². The van der Waals surface area contributed by atoms with Crippen molar-refractivity contribution in [2.24, 2.45) is 0 Å². The topological polar surface area (TPSA) is 57.7 Å². The third kappa shape index (κ3) is 4.14. The van der Waals surface area contributed by atoms with E-state index in [9.17, 15) is 13.2 Å². The van der Waals surface area contributed by atoms with Crippen LogP contribution in [0.1, 0.15) is 21.5 Å². The summed E-state index contributed by atoms with van der Waals surface area (Å²) in [6.45, 7) is 4.82. The summed E-state index contributed by atoms with van der Waals surface area (Å²) in [5, 5.41) is 0.749. The van der Waals surface area contributed by atoms with Crippen LogP contribution in [-0.2, 0) is 10.0 Å². The maximum absolute atomic E-state index is 12.9. The summed E-state index contributed by atoms with van der Waals surface area (Å²) >= 11 is 12.0. The van der Waals surface area contributed by atoms with E-state index in [0.29, 0.717) is 28.6 Å². The number of nitrogens with zero attached hydrogens (tertiary/aromatic N) is 2. The normalized spacial score (nSPS) is 15.8. The van der Waals surface area contributed by atoms with Crippen LogP contribution in [0.4, 0.5) is 0 Å². The van der Waals surface area contributed by atoms with Gasteiger partial charge in [-0.2, -0.15) is 4.31 Å². The summed E-state index contributed by atoms with van der Waals surface area (Å²) in [7, 11) is -3.59. The molecule has 1 fully saturated rings. The van der Waals surface area contributed by atoms with Gasteiger partial charge < -0.3 is 4.90 Å².